The van der Waals surface area contributed by atoms with Crippen LogP contribution >= 0.6 is 0 Å². The Kier molecular flexibility index (Phi) is 3.93. The number of unbranched alkanes of at least 4 members (excludes halogenated alkanes) is 2. The van der Waals surface area contributed by atoms with E-state index in [4.69, 9.17) is 0 Å². The van der Waals surface area contributed by atoms with E-state index in [1.165, 1.54) is 30.7 Å². The minimum Gasteiger partial charge on any atom is -0.252 e. The zero-order valence-electron chi connectivity index (χ0n) is 8.88. The fourth-order valence-electron chi connectivity index (χ4n) is 1.54. The van der Waals surface area contributed by atoms with E-state index in [0.29, 0.717) is 0 Å². The molecule has 0 aliphatic heterocycles. The first kappa shape index (κ1) is 10.2. The van der Waals surface area contributed by atoms with Gasteiger partial charge in [-0.15, -0.1) is 5.10 Å². The molecule has 0 amide bonds. The van der Waals surface area contributed by atoms with Gasteiger partial charge in [-0.05, 0) is 19.3 Å². The van der Waals surface area contributed by atoms with Gasteiger partial charge in [0.2, 0.25) is 0 Å². The highest BCUT2D eigenvalue weighted by Gasteiger charge is 2.07. The zero-order valence-corrected chi connectivity index (χ0v) is 8.88. The van der Waals surface area contributed by atoms with Crippen molar-refractivity contribution >= 4 is 0 Å². The molecule has 0 atom stereocenters. The Morgan fingerprint density at radius 2 is 2.00 bits per heavy atom. The summed E-state index contributed by atoms with van der Waals surface area (Å²) < 4.78 is 1.91. The molecule has 74 valence electrons. The van der Waals surface area contributed by atoms with Crippen LogP contribution in [0.2, 0.25) is 0 Å². The number of nitrogens with zero attached hydrogens (tertiary/aromatic N) is 3. The summed E-state index contributed by atoms with van der Waals surface area (Å²) in [6.45, 7) is 4.36. The number of aromatic nitrogens is 3. The third kappa shape index (κ3) is 2.54. The van der Waals surface area contributed by atoms with Gasteiger partial charge >= 0.3 is 0 Å². The molecule has 0 fully saturated rings. The second-order valence-corrected chi connectivity index (χ2v) is 3.42. The molecule has 3 heteroatoms. The first-order chi connectivity index (χ1) is 6.29. The van der Waals surface area contributed by atoms with E-state index in [-0.39, 0.29) is 0 Å². The van der Waals surface area contributed by atoms with Gasteiger partial charge in [-0.2, -0.15) is 0 Å². The molecule has 1 heterocycles. The predicted molar refractivity (Wildman–Crippen MR) is 53.6 cm³/mol. The molecule has 0 aliphatic carbocycles. The molecular weight excluding hydrogens is 162 g/mol. The normalized spacial score (nSPS) is 10.7. The van der Waals surface area contributed by atoms with Gasteiger partial charge < -0.3 is 0 Å². The van der Waals surface area contributed by atoms with Crippen molar-refractivity contribution in [2.45, 2.75) is 46.0 Å². The van der Waals surface area contributed by atoms with Gasteiger partial charge in [0.25, 0.3) is 0 Å². The standard InChI is InChI=1S/C10H19N3/c1-4-6-7-8-10-9(5-2)11-12-13(10)3/h4-8H2,1-3H3. The minimum absolute atomic E-state index is 0.995. The van der Waals surface area contributed by atoms with Crippen LogP contribution in [0.15, 0.2) is 0 Å². The number of hydrogen-bond donors (Lipinski definition) is 0. The topological polar surface area (TPSA) is 30.7 Å². The summed E-state index contributed by atoms with van der Waals surface area (Å²) in [5.41, 5.74) is 2.48. The van der Waals surface area contributed by atoms with E-state index in [1.807, 2.05) is 11.7 Å². The lowest BCUT2D eigenvalue weighted by Crippen LogP contribution is -2.00. The lowest BCUT2D eigenvalue weighted by Gasteiger charge is -2.01. The van der Waals surface area contributed by atoms with E-state index in [0.717, 1.165) is 12.8 Å². The second-order valence-electron chi connectivity index (χ2n) is 3.42. The highest BCUT2D eigenvalue weighted by Crippen LogP contribution is 2.09. The maximum Gasteiger partial charge on any atom is 0.0856 e. The summed E-state index contributed by atoms with van der Waals surface area (Å²) >= 11 is 0. The Labute approximate surface area is 80.1 Å². The lowest BCUT2D eigenvalue weighted by atomic mass is 10.1. The van der Waals surface area contributed by atoms with E-state index in [9.17, 15) is 0 Å². The molecule has 0 radical (unpaired) electrons. The van der Waals surface area contributed by atoms with Gasteiger partial charge in [-0.25, -0.2) is 0 Å². The van der Waals surface area contributed by atoms with Gasteiger partial charge in [0, 0.05) is 7.05 Å². The molecule has 0 spiro atoms. The first-order valence-corrected chi connectivity index (χ1v) is 5.17. The Hall–Kier alpha value is -0.860. The van der Waals surface area contributed by atoms with Crippen LogP contribution in [0.5, 0.6) is 0 Å². The Morgan fingerprint density at radius 3 is 2.62 bits per heavy atom. The van der Waals surface area contributed by atoms with Crippen LogP contribution in [0.4, 0.5) is 0 Å². The fourth-order valence-corrected chi connectivity index (χ4v) is 1.54. The molecule has 0 saturated heterocycles. The molecule has 0 saturated carbocycles. The number of hydrogen-bond acceptors (Lipinski definition) is 2. The van der Waals surface area contributed by atoms with Crippen molar-refractivity contribution in [2.75, 3.05) is 0 Å². The van der Waals surface area contributed by atoms with Crippen LogP contribution < -0.4 is 0 Å². The SMILES string of the molecule is CCCCCc1c(CC)nnn1C. The first-order valence-electron chi connectivity index (χ1n) is 5.17. The molecule has 0 aromatic carbocycles. The van der Waals surface area contributed by atoms with Crippen molar-refractivity contribution in [3.63, 3.8) is 0 Å². The van der Waals surface area contributed by atoms with Gasteiger partial charge in [-0.3, -0.25) is 4.68 Å². The molecule has 0 bridgehead atoms. The van der Waals surface area contributed by atoms with Crippen molar-refractivity contribution in [1.82, 2.24) is 15.0 Å². The zero-order chi connectivity index (χ0) is 9.68. The monoisotopic (exact) mass is 181 g/mol. The number of aryl methyl sites for hydroxylation is 2. The van der Waals surface area contributed by atoms with E-state index in [2.05, 4.69) is 24.2 Å². The van der Waals surface area contributed by atoms with Crippen molar-refractivity contribution < 1.29 is 0 Å². The predicted octanol–water partition coefficient (Wildman–Crippen LogP) is 2.11. The Bertz CT molecular complexity index is 253. The minimum atomic E-state index is 0.995. The average molecular weight is 181 g/mol. The van der Waals surface area contributed by atoms with Gasteiger partial charge in [0.15, 0.2) is 0 Å². The van der Waals surface area contributed by atoms with E-state index >= 15 is 0 Å². The summed E-state index contributed by atoms with van der Waals surface area (Å²) in [5.74, 6) is 0. The van der Waals surface area contributed by atoms with Gasteiger partial charge in [-0.1, -0.05) is 31.9 Å². The van der Waals surface area contributed by atoms with E-state index < -0.39 is 0 Å². The Morgan fingerprint density at radius 1 is 1.23 bits per heavy atom. The van der Waals surface area contributed by atoms with Crippen LogP contribution in [-0.2, 0) is 19.9 Å². The summed E-state index contributed by atoms with van der Waals surface area (Å²) in [6, 6.07) is 0. The van der Waals surface area contributed by atoms with Crippen molar-refractivity contribution in [2.24, 2.45) is 7.05 Å². The molecule has 1 rings (SSSR count). The van der Waals surface area contributed by atoms with E-state index in [1.54, 1.807) is 0 Å². The second kappa shape index (κ2) is 5.00. The molecule has 0 aliphatic rings. The Balaban J connectivity index is 2.57. The quantitative estimate of drug-likeness (QED) is 0.651. The van der Waals surface area contributed by atoms with Crippen LogP contribution in [0.1, 0.15) is 44.5 Å². The highest BCUT2D eigenvalue weighted by atomic mass is 15.4. The summed E-state index contributed by atoms with van der Waals surface area (Å²) in [7, 11) is 1.98. The molecular formula is C10H19N3. The van der Waals surface area contributed by atoms with Crippen molar-refractivity contribution in [3.8, 4) is 0 Å². The maximum atomic E-state index is 4.13. The van der Waals surface area contributed by atoms with Gasteiger partial charge in [0.1, 0.15) is 0 Å². The third-order valence-corrected chi connectivity index (χ3v) is 2.38. The molecule has 0 unspecified atom stereocenters. The third-order valence-electron chi connectivity index (χ3n) is 2.38. The van der Waals surface area contributed by atoms with Gasteiger partial charge in [0.05, 0.1) is 11.4 Å². The maximum absolute atomic E-state index is 4.13. The molecule has 1 aromatic rings. The van der Waals surface area contributed by atoms with Crippen molar-refractivity contribution in [3.05, 3.63) is 11.4 Å². The lowest BCUT2D eigenvalue weighted by molar-refractivity contribution is 0.639. The van der Waals surface area contributed by atoms with Crippen molar-refractivity contribution in [1.29, 1.82) is 0 Å². The summed E-state index contributed by atoms with van der Waals surface area (Å²) in [5, 5.41) is 8.16. The number of rotatable bonds is 5. The van der Waals surface area contributed by atoms with Crippen LogP contribution in [0.25, 0.3) is 0 Å². The van der Waals surface area contributed by atoms with Crippen LogP contribution in [0.3, 0.4) is 0 Å². The molecule has 3 nitrogen and oxygen atoms in total. The molecule has 13 heavy (non-hydrogen) atoms. The summed E-state index contributed by atoms with van der Waals surface area (Å²) in [6.07, 6.45) is 5.95. The fraction of sp³-hybridized carbons (Fsp3) is 0.800. The smallest absolute Gasteiger partial charge is 0.0856 e. The summed E-state index contributed by atoms with van der Waals surface area (Å²) in [4.78, 5) is 0. The van der Waals surface area contributed by atoms with Crippen LogP contribution in [-0.4, -0.2) is 15.0 Å². The highest BCUT2D eigenvalue weighted by molar-refractivity contribution is 5.09. The molecule has 1 aromatic heterocycles. The largest absolute Gasteiger partial charge is 0.252 e. The van der Waals surface area contributed by atoms with Crippen LogP contribution in [0, 0.1) is 0 Å². The average Bonchev–Trinajstić information content (AvgIpc) is 2.48. The molecule has 0 N–H and O–H groups in total.